The van der Waals surface area contributed by atoms with Crippen molar-refractivity contribution in [2.75, 3.05) is 13.1 Å². The highest BCUT2D eigenvalue weighted by Gasteiger charge is 2.46. The fraction of sp³-hybridized carbons (Fsp3) is 0.263. The van der Waals surface area contributed by atoms with Crippen molar-refractivity contribution in [3.05, 3.63) is 53.3 Å². The number of nitrogens with zero attached hydrogens (tertiary/aromatic N) is 3. The molecule has 0 unspecified atom stereocenters. The molecule has 29 heavy (non-hydrogen) atoms. The van der Waals surface area contributed by atoms with Gasteiger partial charge in [0, 0.05) is 18.0 Å². The summed E-state index contributed by atoms with van der Waals surface area (Å²) in [6.45, 7) is -1.49. The first-order valence-electron chi connectivity index (χ1n) is 8.51. The highest BCUT2D eigenvalue weighted by Crippen LogP contribution is 2.34. The van der Waals surface area contributed by atoms with Gasteiger partial charge in [0.15, 0.2) is 0 Å². The number of amides is 1. The molecule has 1 saturated heterocycles. The van der Waals surface area contributed by atoms with Crippen LogP contribution in [0.3, 0.4) is 0 Å². The van der Waals surface area contributed by atoms with Crippen LogP contribution in [0.4, 0.5) is 22.0 Å². The summed E-state index contributed by atoms with van der Waals surface area (Å²) in [4.78, 5) is 17.5. The summed E-state index contributed by atoms with van der Waals surface area (Å²) in [5.41, 5.74) is 0.696. The van der Waals surface area contributed by atoms with Gasteiger partial charge in [-0.1, -0.05) is 23.7 Å². The molecule has 1 aromatic carbocycles. The highest BCUT2D eigenvalue weighted by atomic mass is 35.5. The van der Waals surface area contributed by atoms with Crippen molar-refractivity contribution in [3.8, 4) is 11.1 Å². The van der Waals surface area contributed by atoms with Gasteiger partial charge in [-0.05, 0) is 23.8 Å². The zero-order chi connectivity index (χ0) is 21.0. The lowest BCUT2D eigenvalue weighted by Crippen LogP contribution is -2.59. The maximum atomic E-state index is 13.0. The second kappa shape index (κ2) is 6.69. The Morgan fingerprint density at radius 3 is 2.55 bits per heavy atom. The number of hydrogen-bond donors (Lipinski definition) is 0. The van der Waals surface area contributed by atoms with E-state index in [1.165, 1.54) is 29.1 Å². The lowest BCUT2D eigenvalue weighted by Gasteiger charge is -2.38. The monoisotopic (exact) mass is 429 g/mol. The van der Waals surface area contributed by atoms with Crippen LogP contribution in [0.25, 0.3) is 22.2 Å². The predicted octanol–water partition coefficient (Wildman–Crippen LogP) is 4.85. The zero-order valence-electron chi connectivity index (χ0n) is 14.7. The number of hydrogen-bond acceptors (Lipinski definition) is 2. The van der Waals surface area contributed by atoms with Crippen LogP contribution >= 0.6 is 11.6 Å². The molecule has 1 aliphatic heterocycles. The largest absolute Gasteiger partial charge is 0.416 e. The Labute approximate surface area is 166 Å². The van der Waals surface area contributed by atoms with E-state index in [-0.39, 0.29) is 11.6 Å². The smallest absolute Gasteiger partial charge is 0.335 e. The van der Waals surface area contributed by atoms with Crippen LogP contribution in [0.1, 0.15) is 5.56 Å². The van der Waals surface area contributed by atoms with Crippen LogP contribution in [0.5, 0.6) is 0 Å². The summed E-state index contributed by atoms with van der Waals surface area (Å²) < 4.78 is 66.4. The molecular formula is C19H13ClF5N3O. The van der Waals surface area contributed by atoms with Gasteiger partial charge >= 0.3 is 6.18 Å². The number of fused-ring (bicyclic) bond motifs is 1. The van der Waals surface area contributed by atoms with E-state index >= 15 is 0 Å². The third kappa shape index (κ3) is 3.78. The average molecular weight is 430 g/mol. The lowest BCUT2D eigenvalue weighted by atomic mass is 10.0. The molecule has 0 N–H and O–H groups in total. The Balaban J connectivity index is 1.67. The molecule has 0 saturated carbocycles. The van der Waals surface area contributed by atoms with Crippen LogP contribution in [-0.4, -0.2) is 39.4 Å². The van der Waals surface area contributed by atoms with Crippen molar-refractivity contribution < 1.29 is 26.7 Å². The molecule has 0 aliphatic carbocycles. The van der Waals surface area contributed by atoms with E-state index in [0.29, 0.717) is 22.2 Å². The molecule has 4 rings (SSSR count). The molecule has 4 nitrogen and oxygen atoms in total. The van der Waals surface area contributed by atoms with Gasteiger partial charge < -0.3 is 9.47 Å². The standard InChI is InChI=1S/C19H13ClF5N3O/c20-14-7-27(8-16(29)28-9-18(21,22)10-28)15-5-12(6-26-17(14)15)11-2-1-3-13(4-11)19(23,24)25/h1-7H,8-10H2. The second-order valence-corrected chi connectivity index (χ2v) is 7.29. The van der Waals surface area contributed by atoms with E-state index in [9.17, 15) is 26.7 Å². The number of pyridine rings is 1. The third-order valence-electron chi connectivity index (χ3n) is 4.70. The number of halogens is 6. The quantitative estimate of drug-likeness (QED) is 0.558. The van der Waals surface area contributed by atoms with Crippen LogP contribution in [0.2, 0.25) is 5.02 Å². The van der Waals surface area contributed by atoms with Crippen molar-refractivity contribution in [1.82, 2.24) is 14.5 Å². The molecule has 3 aromatic rings. The Hall–Kier alpha value is -2.68. The zero-order valence-corrected chi connectivity index (χ0v) is 15.4. The van der Waals surface area contributed by atoms with Gasteiger partial charge in [-0.2, -0.15) is 13.2 Å². The van der Waals surface area contributed by atoms with Crippen LogP contribution in [-0.2, 0) is 17.5 Å². The summed E-state index contributed by atoms with van der Waals surface area (Å²) in [6.07, 6.45) is -1.64. The molecule has 10 heteroatoms. The van der Waals surface area contributed by atoms with Gasteiger partial charge in [0.2, 0.25) is 5.91 Å². The molecular weight excluding hydrogens is 417 g/mol. The van der Waals surface area contributed by atoms with Crippen LogP contribution < -0.4 is 0 Å². The van der Waals surface area contributed by atoms with E-state index in [2.05, 4.69) is 4.98 Å². The molecule has 0 spiro atoms. The van der Waals surface area contributed by atoms with Gasteiger partial charge in [-0.15, -0.1) is 0 Å². The Morgan fingerprint density at radius 1 is 1.17 bits per heavy atom. The number of likely N-dealkylation sites (tertiary alicyclic amines) is 1. The van der Waals surface area contributed by atoms with Crippen molar-refractivity contribution >= 4 is 28.5 Å². The molecule has 2 aromatic heterocycles. The van der Waals surface area contributed by atoms with E-state index in [1.807, 2.05) is 0 Å². The van der Waals surface area contributed by atoms with Gasteiger partial charge in [-0.25, -0.2) is 8.78 Å². The fourth-order valence-electron chi connectivity index (χ4n) is 3.22. The number of benzene rings is 1. The number of carbonyl (C=O) groups excluding carboxylic acids is 1. The summed E-state index contributed by atoms with van der Waals surface area (Å²) in [5.74, 6) is -3.38. The van der Waals surface area contributed by atoms with Gasteiger partial charge in [0.1, 0.15) is 12.1 Å². The summed E-state index contributed by atoms with van der Waals surface area (Å²) in [5, 5.41) is 0.248. The van der Waals surface area contributed by atoms with Crippen LogP contribution in [0, 0.1) is 0 Å². The van der Waals surface area contributed by atoms with Crippen molar-refractivity contribution in [2.45, 2.75) is 18.6 Å². The molecule has 1 fully saturated rings. The molecule has 1 amide bonds. The van der Waals surface area contributed by atoms with Crippen molar-refractivity contribution in [2.24, 2.45) is 0 Å². The van der Waals surface area contributed by atoms with E-state index in [1.54, 1.807) is 6.07 Å². The normalized spacial score (nSPS) is 16.1. The maximum Gasteiger partial charge on any atom is 0.416 e. The number of rotatable bonds is 3. The fourth-order valence-corrected chi connectivity index (χ4v) is 3.49. The van der Waals surface area contributed by atoms with E-state index in [0.717, 1.165) is 17.0 Å². The highest BCUT2D eigenvalue weighted by molar-refractivity contribution is 6.35. The lowest BCUT2D eigenvalue weighted by molar-refractivity contribution is -0.166. The average Bonchev–Trinajstić information content (AvgIpc) is 2.94. The van der Waals surface area contributed by atoms with Crippen molar-refractivity contribution in [3.63, 3.8) is 0 Å². The molecule has 1 aliphatic rings. The summed E-state index contributed by atoms with van der Waals surface area (Å²) in [7, 11) is 0. The SMILES string of the molecule is O=C(Cn1cc(Cl)c2ncc(-c3cccc(C(F)(F)F)c3)cc21)N1CC(F)(F)C1. The minimum atomic E-state index is -4.48. The Kier molecular flexibility index (Phi) is 4.53. The third-order valence-corrected chi connectivity index (χ3v) is 4.97. The Bertz CT molecular complexity index is 1100. The molecule has 0 radical (unpaired) electrons. The first-order valence-corrected chi connectivity index (χ1v) is 8.89. The summed E-state index contributed by atoms with van der Waals surface area (Å²) in [6, 6.07) is 6.35. The van der Waals surface area contributed by atoms with E-state index < -0.39 is 36.7 Å². The maximum absolute atomic E-state index is 13.0. The van der Waals surface area contributed by atoms with E-state index in [4.69, 9.17) is 11.6 Å². The number of alkyl halides is 5. The van der Waals surface area contributed by atoms with Crippen LogP contribution in [0.15, 0.2) is 42.7 Å². The molecule has 3 heterocycles. The number of aromatic nitrogens is 2. The minimum Gasteiger partial charge on any atom is -0.335 e. The first-order chi connectivity index (χ1) is 13.5. The predicted molar refractivity (Wildman–Crippen MR) is 96.7 cm³/mol. The number of carbonyl (C=O) groups is 1. The topological polar surface area (TPSA) is 38.1 Å². The second-order valence-electron chi connectivity index (χ2n) is 6.88. The molecule has 152 valence electrons. The first kappa shape index (κ1) is 19.6. The van der Waals surface area contributed by atoms with Gasteiger partial charge in [-0.3, -0.25) is 9.78 Å². The minimum absolute atomic E-state index is 0.229. The molecule has 0 bridgehead atoms. The Morgan fingerprint density at radius 2 is 1.90 bits per heavy atom. The van der Waals surface area contributed by atoms with Gasteiger partial charge in [0.25, 0.3) is 5.92 Å². The van der Waals surface area contributed by atoms with Crippen molar-refractivity contribution in [1.29, 1.82) is 0 Å². The van der Waals surface area contributed by atoms with Gasteiger partial charge in [0.05, 0.1) is 29.2 Å². The molecule has 0 atom stereocenters. The summed E-state index contributed by atoms with van der Waals surface area (Å²) >= 11 is 6.14.